The number of carbonyl (C=O) groups is 2. The van der Waals surface area contributed by atoms with Gasteiger partial charge < -0.3 is 29.6 Å². The van der Waals surface area contributed by atoms with Crippen LogP contribution in [0.15, 0.2) is 72.8 Å². The van der Waals surface area contributed by atoms with Crippen LogP contribution in [-0.4, -0.2) is 43.3 Å². The summed E-state index contributed by atoms with van der Waals surface area (Å²) in [5.41, 5.74) is 1.02. The SMILES string of the molecule is C[C@H](NC(=O)c1ccc(NC(=O)[C@H]2COc3ccccc3O2)cc1)[C@H]1COc2ccccc2O1. The Hall–Kier alpha value is -4.20. The zero-order valence-corrected chi connectivity index (χ0v) is 18.5. The summed E-state index contributed by atoms with van der Waals surface area (Å²) in [7, 11) is 0. The third-order valence-electron chi connectivity index (χ3n) is 5.66. The van der Waals surface area contributed by atoms with Crippen molar-refractivity contribution in [1.29, 1.82) is 0 Å². The first-order chi connectivity index (χ1) is 16.6. The number of rotatable bonds is 5. The van der Waals surface area contributed by atoms with Crippen molar-refractivity contribution < 1.29 is 28.5 Å². The lowest BCUT2D eigenvalue weighted by Gasteiger charge is -2.30. The van der Waals surface area contributed by atoms with E-state index in [-0.39, 0.29) is 30.6 Å². The summed E-state index contributed by atoms with van der Waals surface area (Å²) in [6.07, 6.45) is -1.07. The van der Waals surface area contributed by atoms with Gasteiger partial charge in [-0.3, -0.25) is 9.59 Å². The van der Waals surface area contributed by atoms with Gasteiger partial charge in [-0.15, -0.1) is 0 Å². The Morgan fingerprint density at radius 2 is 1.38 bits per heavy atom. The number of hydrogen-bond acceptors (Lipinski definition) is 6. The van der Waals surface area contributed by atoms with Gasteiger partial charge in [0.25, 0.3) is 11.8 Å². The van der Waals surface area contributed by atoms with Crippen molar-refractivity contribution in [2.45, 2.75) is 25.2 Å². The Morgan fingerprint density at radius 1 is 0.794 bits per heavy atom. The summed E-state index contributed by atoms with van der Waals surface area (Å²) in [5, 5.41) is 5.75. The molecular weight excluding hydrogens is 436 g/mol. The fourth-order valence-corrected chi connectivity index (χ4v) is 3.74. The van der Waals surface area contributed by atoms with Crippen LogP contribution in [-0.2, 0) is 4.79 Å². The maximum Gasteiger partial charge on any atom is 0.269 e. The second-order valence-corrected chi connectivity index (χ2v) is 8.11. The molecule has 0 fully saturated rings. The molecule has 34 heavy (non-hydrogen) atoms. The van der Waals surface area contributed by atoms with Crippen LogP contribution < -0.4 is 29.6 Å². The van der Waals surface area contributed by atoms with Crippen LogP contribution in [0.5, 0.6) is 23.0 Å². The number of anilines is 1. The highest BCUT2D eigenvalue weighted by Crippen LogP contribution is 2.32. The maximum absolute atomic E-state index is 12.7. The van der Waals surface area contributed by atoms with Crippen LogP contribution >= 0.6 is 0 Å². The van der Waals surface area contributed by atoms with Crippen LogP contribution in [0, 0.1) is 0 Å². The monoisotopic (exact) mass is 460 g/mol. The maximum atomic E-state index is 12.7. The minimum Gasteiger partial charge on any atom is -0.486 e. The summed E-state index contributed by atoms with van der Waals surface area (Å²) < 4.78 is 23.0. The fourth-order valence-electron chi connectivity index (χ4n) is 3.74. The molecule has 174 valence electrons. The van der Waals surface area contributed by atoms with Gasteiger partial charge in [-0.1, -0.05) is 24.3 Å². The Labute approximate surface area is 196 Å². The summed E-state index contributed by atoms with van der Waals surface area (Å²) in [4.78, 5) is 25.3. The molecule has 5 rings (SSSR count). The molecule has 0 unspecified atom stereocenters. The largest absolute Gasteiger partial charge is 0.486 e. The number of carbonyl (C=O) groups excluding carboxylic acids is 2. The summed E-state index contributed by atoms with van der Waals surface area (Å²) >= 11 is 0. The van der Waals surface area contributed by atoms with E-state index in [1.165, 1.54) is 0 Å². The first-order valence-electron chi connectivity index (χ1n) is 11.1. The summed E-state index contributed by atoms with van der Waals surface area (Å²) in [6, 6.07) is 21.0. The normalized spacial score (nSPS) is 19.0. The zero-order chi connectivity index (χ0) is 23.5. The molecule has 0 saturated heterocycles. The number of amides is 2. The van der Waals surface area contributed by atoms with Gasteiger partial charge in [-0.2, -0.15) is 0 Å². The predicted molar refractivity (Wildman–Crippen MR) is 125 cm³/mol. The molecule has 0 saturated carbocycles. The lowest BCUT2D eigenvalue weighted by Crippen LogP contribution is -2.48. The van der Waals surface area contributed by atoms with Gasteiger partial charge in [0, 0.05) is 11.3 Å². The number of para-hydroxylation sites is 4. The minimum atomic E-state index is -0.762. The molecule has 2 aliphatic heterocycles. The van der Waals surface area contributed by atoms with Crippen molar-refractivity contribution in [1.82, 2.24) is 5.32 Å². The van der Waals surface area contributed by atoms with Crippen molar-refractivity contribution in [3.8, 4) is 23.0 Å². The van der Waals surface area contributed by atoms with Gasteiger partial charge in [0.15, 0.2) is 29.1 Å². The second-order valence-electron chi connectivity index (χ2n) is 8.11. The Morgan fingerprint density at radius 3 is 2.06 bits per heavy atom. The number of fused-ring (bicyclic) bond motifs is 2. The molecule has 0 aliphatic carbocycles. The molecule has 0 spiro atoms. The van der Waals surface area contributed by atoms with Crippen LogP contribution in [0.1, 0.15) is 17.3 Å². The summed E-state index contributed by atoms with van der Waals surface area (Å²) in [6.45, 7) is 2.35. The average Bonchev–Trinajstić information content (AvgIpc) is 2.88. The van der Waals surface area contributed by atoms with E-state index in [9.17, 15) is 9.59 Å². The number of hydrogen-bond donors (Lipinski definition) is 2. The molecule has 3 aromatic carbocycles. The van der Waals surface area contributed by atoms with E-state index in [0.29, 0.717) is 40.9 Å². The molecular formula is C26H24N2O6. The predicted octanol–water partition coefficient (Wildman–Crippen LogP) is 3.42. The topological polar surface area (TPSA) is 95.1 Å². The molecule has 2 aliphatic rings. The van der Waals surface area contributed by atoms with Crippen molar-refractivity contribution in [3.63, 3.8) is 0 Å². The minimum absolute atomic E-state index is 0.124. The van der Waals surface area contributed by atoms with Gasteiger partial charge in [-0.05, 0) is 55.5 Å². The van der Waals surface area contributed by atoms with E-state index in [1.807, 2.05) is 43.3 Å². The van der Waals surface area contributed by atoms with Crippen LogP contribution in [0.4, 0.5) is 5.69 Å². The Balaban J connectivity index is 1.15. The van der Waals surface area contributed by atoms with Crippen LogP contribution in [0.2, 0.25) is 0 Å². The van der Waals surface area contributed by atoms with E-state index < -0.39 is 6.10 Å². The highest BCUT2D eigenvalue weighted by molar-refractivity contribution is 5.97. The van der Waals surface area contributed by atoms with Crippen molar-refractivity contribution in [2.24, 2.45) is 0 Å². The third kappa shape index (κ3) is 4.61. The smallest absolute Gasteiger partial charge is 0.269 e. The molecule has 3 aromatic rings. The quantitative estimate of drug-likeness (QED) is 0.606. The highest BCUT2D eigenvalue weighted by atomic mass is 16.6. The Kier molecular flexibility index (Phi) is 5.95. The molecule has 0 aromatic heterocycles. The van der Waals surface area contributed by atoms with Crippen molar-refractivity contribution in [3.05, 3.63) is 78.4 Å². The van der Waals surface area contributed by atoms with Crippen LogP contribution in [0.3, 0.4) is 0 Å². The summed E-state index contributed by atoms with van der Waals surface area (Å²) in [5.74, 6) is 1.94. The standard InChI is InChI=1S/C26H24N2O6/c1-16(23-14-31-19-6-2-4-8-21(19)33-23)27-25(29)17-10-12-18(13-11-17)28-26(30)24-15-32-20-7-3-5-9-22(20)34-24/h2-13,16,23-24H,14-15H2,1H3,(H,27,29)(H,28,30)/t16-,23+,24+/m0/s1. The Bertz CT molecular complexity index is 1200. The first-order valence-corrected chi connectivity index (χ1v) is 11.1. The van der Waals surface area contributed by atoms with E-state index >= 15 is 0 Å². The number of nitrogens with one attached hydrogen (secondary N) is 2. The van der Waals surface area contributed by atoms with Gasteiger partial charge in [-0.25, -0.2) is 0 Å². The first kappa shape index (κ1) is 21.6. The molecule has 0 bridgehead atoms. The molecule has 8 heteroatoms. The van der Waals surface area contributed by atoms with E-state index in [1.54, 1.807) is 36.4 Å². The van der Waals surface area contributed by atoms with Gasteiger partial charge >= 0.3 is 0 Å². The number of benzene rings is 3. The van der Waals surface area contributed by atoms with Crippen molar-refractivity contribution >= 4 is 17.5 Å². The second kappa shape index (κ2) is 9.35. The highest BCUT2D eigenvalue weighted by Gasteiger charge is 2.28. The average molecular weight is 460 g/mol. The van der Waals surface area contributed by atoms with E-state index in [0.717, 1.165) is 0 Å². The lowest BCUT2D eigenvalue weighted by molar-refractivity contribution is -0.125. The lowest BCUT2D eigenvalue weighted by atomic mass is 10.1. The zero-order valence-electron chi connectivity index (χ0n) is 18.5. The molecule has 2 N–H and O–H groups in total. The van der Waals surface area contributed by atoms with E-state index in [2.05, 4.69) is 10.6 Å². The molecule has 8 nitrogen and oxygen atoms in total. The number of ether oxygens (including phenoxy) is 4. The van der Waals surface area contributed by atoms with Crippen molar-refractivity contribution in [2.75, 3.05) is 18.5 Å². The molecule has 2 amide bonds. The van der Waals surface area contributed by atoms with Gasteiger partial charge in [0.2, 0.25) is 6.10 Å². The van der Waals surface area contributed by atoms with E-state index in [4.69, 9.17) is 18.9 Å². The third-order valence-corrected chi connectivity index (χ3v) is 5.66. The van der Waals surface area contributed by atoms with Gasteiger partial charge in [0.05, 0.1) is 6.04 Å². The molecule has 2 heterocycles. The van der Waals surface area contributed by atoms with Crippen LogP contribution in [0.25, 0.3) is 0 Å². The molecule has 0 radical (unpaired) electrons. The van der Waals surface area contributed by atoms with Gasteiger partial charge in [0.1, 0.15) is 13.2 Å². The molecule has 3 atom stereocenters. The fraction of sp³-hybridized carbons (Fsp3) is 0.231.